The van der Waals surface area contributed by atoms with Crippen LogP contribution in [0, 0.1) is 0 Å². The van der Waals surface area contributed by atoms with Gasteiger partial charge in [0.2, 0.25) is 0 Å². The summed E-state index contributed by atoms with van der Waals surface area (Å²) in [5.74, 6) is 1.86. The van der Waals surface area contributed by atoms with Crippen molar-refractivity contribution in [1.82, 2.24) is 15.0 Å². The lowest BCUT2D eigenvalue weighted by atomic mass is 9.92. The van der Waals surface area contributed by atoms with Crippen LogP contribution in [0.3, 0.4) is 0 Å². The Kier molecular flexibility index (Phi) is 7.24. The van der Waals surface area contributed by atoms with Gasteiger partial charge < -0.3 is 4.42 Å². The number of aromatic nitrogens is 3. The van der Waals surface area contributed by atoms with Crippen molar-refractivity contribution in [1.29, 1.82) is 0 Å². The van der Waals surface area contributed by atoms with Gasteiger partial charge in [0.25, 0.3) is 0 Å². The van der Waals surface area contributed by atoms with Gasteiger partial charge in [0.15, 0.2) is 17.5 Å². The maximum absolute atomic E-state index is 6.91. The number of thiophene rings is 2. The Morgan fingerprint density at radius 3 is 1.63 bits per heavy atom. The standard InChI is InChI=1S/C51H29N3OS2/c1-3-13-30(14-4-1)49-52-50(31-15-5-2-6-16-31)54-51(53-49)32-25-26-33-36-20-11-21-37(47(36)55-41(33)29-32)35-27-28-38(48-46(35)40-18-8-10-23-43(40)57-48)34-19-12-24-44-45(34)39-17-7-9-22-42(39)56-44/h1-29H. The van der Waals surface area contributed by atoms with Crippen molar-refractivity contribution in [3.63, 3.8) is 0 Å². The number of fused-ring (bicyclic) bond motifs is 9. The van der Waals surface area contributed by atoms with Crippen LogP contribution < -0.4 is 0 Å². The Hall–Kier alpha value is -6.99. The Balaban J connectivity index is 1.05. The van der Waals surface area contributed by atoms with Crippen molar-refractivity contribution in [3.05, 3.63) is 176 Å². The van der Waals surface area contributed by atoms with E-state index in [1.54, 1.807) is 0 Å². The van der Waals surface area contributed by atoms with E-state index < -0.39 is 0 Å². The van der Waals surface area contributed by atoms with Crippen LogP contribution in [0.25, 0.3) is 119 Å². The van der Waals surface area contributed by atoms with Gasteiger partial charge in [-0.2, -0.15) is 0 Å². The van der Waals surface area contributed by atoms with Crippen molar-refractivity contribution in [2.75, 3.05) is 0 Å². The number of hydrogen-bond donors (Lipinski definition) is 0. The molecule has 12 aromatic rings. The van der Waals surface area contributed by atoms with Gasteiger partial charge in [-0.3, -0.25) is 0 Å². The Morgan fingerprint density at radius 2 is 0.895 bits per heavy atom. The maximum atomic E-state index is 6.91. The molecule has 0 atom stereocenters. The molecule has 266 valence electrons. The van der Waals surface area contributed by atoms with Crippen LogP contribution in [-0.4, -0.2) is 15.0 Å². The summed E-state index contributed by atoms with van der Waals surface area (Å²) in [5.41, 5.74) is 9.16. The second-order valence-corrected chi connectivity index (χ2v) is 16.4. The largest absolute Gasteiger partial charge is 0.455 e. The molecular formula is C51H29N3OS2. The van der Waals surface area contributed by atoms with Crippen LogP contribution in [0.1, 0.15) is 0 Å². The van der Waals surface area contributed by atoms with Crippen LogP contribution in [0.5, 0.6) is 0 Å². The van der Waals surface area contributed by atoms with Crippen molar-refractivity contribution < 1.29 is 4.42 Å². The summed E-state index contributed by atoms with van der Waals surface area (Å²) < 4.78 is 12.1. The Morgan fingerprint density at radius 1 is 0.351 bits per heavy atom. The molecule has 0 amide bonds. The number of rotatable bonds is 5. The molecule has 0 saturated heterocycles. The monoisotopic (exact) mass is 763 g/mol. The molecule has 0 bridgehead atoms. The molecule has 12 rings (SSSR count). The molecule has 57 heavy (non-hydrogen) atoms. The quantitative estimate of drug-likeness (QED) is 0.175. The van der Waals surface area contributed by atoms with E-state index in [0.29, 0.717) is 17.5 Å². The van der Waals surface area contributed by atoms with Crippen molar-refractivity contribution in [2.45, 2.75) is 0 Å². The van der Waals surface area contributed by atoms with E-state index in [-0.39, 0.29) is 0 Å². The average Bonchev–Trinajstić information content (AvgIpc) is 3.98. The average molecular weight is 764 g/mol. The van der Waals surface area contributed by atoms with E-state index in [4.69, 9.17) is 19.4 Å². The van der Waals surface area contributed by atoms with Gasteiger partial charge in [0.1, 0.15) is 11.2 Å². The third-order valence-corrected chi connectivity index (χ3v) is 13.3. The minimum absolute atomic E-state index is 0.598. The third-order valence-electron chi connectivity index (χ3n) is 11.0. The van der Waals surface area contributed by atoms with Gasteiger partial charge in [0, 0.05) is 78.9 Å². The van der Waals surface area contributed by atoms with Crippen LogP contribution in [0.2, 0.25) is 0 Å². The number of nitrogens with zero attached hydrogens (tertiary/aromatic N) is 3. The second kappa shape index (κ2) is 12.8. The van der Waals surface area contributed by atoms with E-state index in [2.05, 4.69) is 115 Å². The first-order chi connectivity index (χ1) is 28.2. The molecule has 0 aliphatic carbocycles. The molecule has 0 N–H and O–H groups in total. The van der Waals surface area contributed by atoms with Gasteiger partial charge >= 0.3 is 0 Å². The van der Waals surface area contributed by atoms with Crippen LogP contribution >= 0.6 is 22.7 Å². The molecule has 0 aliphatic heterocycles. The van der Waals surface area contributed by atoms with E-state index in [9.17, 15) is 0 Å². The summed E-state index contributed by atoms with van der Waals surface area (Å²) >= 11 is 3.73. The number of hydrogen-bond acceptors (Lipinski definition) is 6. The molecule has 8 aromatic carbocycles. The summed E-state index contributed by atoms with van der Waals surface area (Å²) in [6, 6.07) is 61.9. The van der Waals surface area contributed by atoms with Gasteiger partial charge in [0.05, 0.1) is 0 Å². The first kappa shape index (κ1) is 32.3. The van der Waals surface area contributed by atoms with Crippen LogP contribution in [0.15, 0.2) is 180 Å². The summed E-state index contributed by atoms with van der Waals surface area (Å²) in [6.07, 6.45) is 0. The van der Waals surface area contributed by atoms with E-state index in [1.807, 2.05) is 83.3 Å². The lowest BCUT2D eigenvalue weighted by molar-refractivity contribution is 0.670. The highest BCUT2D eigenvalue weighted by atomic mass is 32.1. The fourth-order valence-corrected chi connectivity index (χ4v) is 10.7. The molecule has 0 unspecified atom stereocenters. The zero-order valence-corrected chi connectivity index (χ0v) is 31.9. The predicted molar refractivity (Wildman–Crippen MR) is 240 cm³/mol. The van der Waals surface area contributed by atoms with Gasteiger partial charge in [-0.05, 0) is 41.5 Å². The summed E-state index contributed by atoms with van der Waals surface area (Å²) in [4.78, 5) is 14.9. The number of furan rings is 1. The van der Waals surface area contributed by atoms with Crippen LogP contribution in [0.4, 0.5) is 0 Å². The van der Waals surface area contributed by atoms with Crippen molar-refractivity contribution in [2.24, 2.45) is 0 Å². The molecule has 0 spiro atoms. The first-order valence-corrected chi connectivity index (χ1v) is 20.6. The minimum atomic E-state index is 0.598. The highest BCUT2D eigenvalue weighted by Gasteiger charge is 2.22. The van der Waals surface area contributed by atoms with E-state index in [1.165, 1.54) is 51.5 Å². The minimum Gasteiger partial charge on any atom is -0.455 e. The Labute approximate surface area is 335 Å². The number of para-hydroxylation sites is 1. The number of benzene rings is 8. The molecule has 0 radical (unpaired) electrons. The fourth-order valence-electron chi connectivity index (χ4n) is 8.35. The first-order valence-electron chi connectivity index (χ1n) is 18.9. The second-order valence-electron chi connectivity index (χ2n) is 14.3. The lowest BCUT2D eigenvalue weighted by Gasteiger charge is -2.11. The zero-order chi connectivity index (χ0) is 37.5. The third kappa shape index (κ3) is 5.15. The van der Waals surface area contributed by atoms with Gasteiger partial charge in [-0.25, -0.2) is 15.0 Å². The Bertz CT molecular complexity index is 3470. The molecule has 0 aliphatic rings. The molecule has 6 heteroatoms. The molecule has 4 aromatic heterocycles. The molecule has 0 fully saturated rings. The van der Waals surface area contributed by atoms with Crippen molar-refractivity contribution in [3.8, 4) is 56.4 Å². The van der Waals surface area contributed by atoms with E-state index in [0.717, 1.165) is 49.8 Å². The maximum Gasteiger partial charge on any atom is 0.164 e. The summed E-state index contributed by atoms with van der Waals surface area (Å²) in [6.45, 7) is 0. The zero-order valence-electron chi connectivity index (χ0n) is 30.3. The highest BCUT2D eigenvalue weighted by Crippen LogP contribution is 2.49. The molecule has 0 saturated carbocycles. The highest BCUT2D eigenvalue weighted by molar-refractivity contribution is 7.27. The van der Waals surface area contributed by atoms with Crippen LogP contribution in [-0.2, 0) is 0 Å². The predicted octanol–water partition coefficient (Wildman–Crippen LogP) is 14.8. The van der Waals surface area contributed by atoms with Crippen molar-refractivity contribution >= 4 is 85.0 Å². The van der Waals surface area contributed by atoms with Gasteiger partial charge in [-0.15, -0.1) is 22.7 Å². The van der Waals surface area contributed by atoms with E-state index >= 15 is 0 Å². The molecule has 4 nitrogen and oxygen atoms in total. The SMILES string of the molecule is c1ccc(-c2nc(-c3ccccc3)nc(-c3ccc4c(c3)oc3c(-c5ccc(-c6cccc7sc8ccccc8c67)c6sc7ccccc7c56)cccc34)n2)cc1. The fraction of sp³-hybridized carbons (Fsp3) is 0. The van der Waals surface area contributed by atoms with Gasteiger partial charge in [-0.1, -0.05) is 146 Å². The smallest absolute Gasteiger partial charge is 0.164 e. The normalized spacial score (nSPS) is 11.9. The molecular weight excluding hydrogens is 735 g/mol. The summed E-state index contributed by atoms with van der Waals surface area (Å²) in [7, 11) is 0. The molecule has 4 heterocycles. The topological polar surface area (TPSA) is 51.8 Å². The summed E-state index contributed by atoms with van der Waals surface area (Å²) in [5, 5.41) is 7.27. The lowest BCUT2D eigenvalue weighted by Crippen LogP contribution is -2.00.